The lowest BCUT2D eigenvalue weighted by atomic mass is 9.96. The monoisotopic (exact) mass is 202 g/mol. The maximum atomic E-state index is 3.35. The highest BCUT2D eigenvalue weighted by Crippen LogP contribution is 2.14. The molecule has 10 heavy (non-hydrogen) atoms. The lowest BCUT2D eigenvalue weighted by Crippen LogP contribution is -1.97. The van der Waals surface area contributed by atoms with Gasteiger partial charge in [-0.05, 0) is 16.8 Å². The van der Waals surface area contributed by atoms with Crippen LogP contribution in [0.3, 0.4) is 0 Å². The Bertz CT molecular complexity index is 143. The maximum absolute atomic E-state index is 3.35. The Morgan fingerprint density at radius 2 is 1.80 bits per heavy atom. The van der Waals surface area contributed by atoms with Crippen molar-refractivity contribution < 1.29 is 0 Å². The van der Waals surface area contributed by atoms with Crippen molar-refractivity contribution in [1.29, 1.82) is 0 Å². The first kappa shape index (κ1) is 9.96. The molecule has 0 heterocycles. The Labute approximate surface area is 72.1 Å². The average Bonchev–Trinajstić information content (AvgIpc) is 1.59. The Morgan fingerprint density at radius 3 is 2.10 bits per heavy atom. The fourth-order valence-electron chi connectivity index (χ4n) is 0.469. The summed E-state index contributed by atoms with van der Waals surface area (Å²) in [4.78, 5) is 0. The van der Waals surface area contributed by atoms with Crippen LogP contribution in [0.25, 0.3) is 0 Å². The topological polar surface area (TPSA) is 0 Å². The highest BCUT2D eigenvalue weighted by molar-refractivity contribution is 9.11. The number of hydrogen-bond donors (Lipinski definition) is 0. The second-order valence-electron chi connectivity index (χ2n) is 3.48. The molecular weight excluding hydrogens is 188 g/mol. The highest BCUT2D eigenvalue weighted by atomic mass is 79.9. The number of allylic oxidation sites excluding steroid dienone is 4. The van der Waals surface area contributed by atoms with Gasteiger partial charge < -0.3 is 0 Å². The lowest BCUT2D eigenvalue weighted by molar-refractivity contribution is 0.544. The van der Waals surface area contributed by atoms with Crippen molar-refractivity contribution in [2.45, 2.75) is 27.7 Å². The molecule has 0 aliphatic carbocycles. The van der Waals surface area contributed by atoms with E-state index in [0.717, 1.165) is 4.48 Å². The van der Waals surface area contributed by atoms with Crippen molar-refractivity contribution in [3.05, 3.63) is 22.7 Å². The van der Waals surface area contributed by atoms with Gasteiger partial charge in [-0.2, -0.15) is 0 Å². The SMILES string of the molecule is CC(Br)=CC=CC(C)(C)C. The predicted molar refractivity (Wildman–Crippen MR) is 51.3 cm³/mol. The summed E-state index contributed by atoms with van der Waals surface area (Å²) in [6.45, 7) is 8.57. The summed E-state index contributed by atoms with van der Waals surface area (Å²) in [5, 5.41) is 0. The minimum absolute atomic E-state index is 0.291. The van der Waals surface area contributed by atoms with Crippen molar-refractivity contribution in [2.24, 2.45) is 5.41 Å². The number of rotatable bonds is 1. The van der Waals surface area contributed by atoms with Crippen molar-refractivity contribution in [3.8, 4) is 0 Å². The fourth-order valence-corrected chi connectivity index (χ4v) is 0.622. The summed E-state index contributed by atoms with van der Waals surface area (Å²) in [6.07, 6.45) is 6.30. The molecule has 0 bridgehead atoms. The summed E-state index contributed by atoms with van der Waals surface area (Å²) >= 11 is 3.35. The molecule has 0 fully saturated rings. The molecule has 0 saturated heterocycles. The van der Waals surface area contributed by atoms with Crippen molar-refractivity contribution in [2.75, 3.05) is 0 Å². The van der Waals surface area contributed by atoms with E-state index in [0.29, 0.717) is 5.41 Å². The minimum Gasteiger partial charge on any atom is -0.0791 e. The first-order valence-corrected chi connectivity index (χ1v) is 4.23. The number of hydrogen-bond acceptors (Lipinski definition) is 0. The summed E-state index contributed by atoms with van der Waals surface area (Å²) in [7, 11) is 0. The van der Waals surface area contributed by atoms with Gasteiger partial charge in [0.05, 0.1) is 0 Å². The Hall–Kier alpha value is -0.0400. The van der Waals surface area contributed by atoms with Crippen molar-refractivity contribution in [1.82, 2.24) is 0 Å². The molecule has 58 valence electrons. The third-order valence-corrected chi connectivity index (χ3v) is 1.19. The van der Waals surface area contributed by atoms with E-state index < -0.39 is 0 Å². The molecule has 0 atom stereocenters. The minimum atomic E-state index is 0.291. The Balaban J connectivity index is 3.90. The van der Waals surface area contributed by atoms with Crippen LogP contribution < -0.4 is 0 Å². The second-order valence-corrected chi connectivity index (χ2v) is 4.73. The van der Waals surface area contributed by atoms with Crippen molar-refractivity contribution in [3.63, 3.8) is 0 Å². The molecule has 0 nitrogen and oxygen atoms in total. The van der Waals surface area contributed by atoms with E-state index in [1.165, 1.54) is 0 Å². The van der Waals surface area contributed by atoms with E-state index in [9.17, 15) is 0 Å². The van der Waals surface area contributed by atoms with Gasteiger partial charge in [0.1, 0.15) is 0 Å². The van der Waals surface area contributed by atoms with Crippen LogP contribution in [0.4, 0.5) is 0 Å². The largest absolute Gasteiger partial charge is 0.0791 e. The van der Waals surface area contributed by atoms with Crippen LogP contribution in [0.15, 0.2) is 22.7 Å². The van der Waals surface area contributed by atoms with Crippen LogP contribution in [0.1, 0.15) is 27.7 Å². The van der Waals surface area contributed by atoms with E-state index >= 15 is 0 Å². The molecule has 0 aromatic heterocycles. The van der Waals surface area contributed by atoms with Crippen molar-refractivity contribution >= 4 is 15.9 Å². The standard InChI is InChI=1S/C9H15Br/c1-8(10)6-5-7-9(2,3)4/h5-7H,1-4H3. The summed E-state index contributed by atoms with van der Waals surface area (Å²) in [6, 6.07) is 0. The van der Waals surface area contributed by atoms with Crippen LogP contribution in [0, 0.1) is 5.41 Å². The molecule has 0 aromatic carbocycles. The maximum Gasteiger partial charge on any atom is -0.00805 e. The molecule has 0 amide bonds. The normalized spacial score (nSPS) is 14.7. The van der Waals surface area contributed by atoms with Crippen LogP contribution >= 0.6 is 15.9 Å². The van der Waals surface area contributed by atoms with Gasteiger partial charge in [-0.25, -0.2) is 0 Å². The second kappa shape index (κ2) is 3.97. The fraction of sp³-hybridized carbons (Fsp3) is 0.556. The van der Waals surface area contributed by atoms with Gasteiger partial charge in [0.2, 0.25) is 0 Å². The highest BCUT2D eigenvalue weighted by Gasteiger charge is 2.01. The van der Waals surface area contributed by atoms with Gasteiger partial charge in [-0.1, -0.05) is 54.9 Å². The van der Waals surface area contributed by atoms with Crippen LogP contribution in [0.5, 0.6) is 0 Å². The van der Waals surface area contributed by atoms with Gasteiger partial charge in [0, 0.05) is 0 Å². The molecule has 0 aromatic rings. The summed E-state index contributed by atoms with van der Waals surface area (Å²) in [5.41, 5.74) is 0.291. The quantitative estimate of drug-likeness (QED) is 0.567. The third-order valence-electron chi connectivity index (χ3n) is 0.922. The zero-order valence-corrected chi connectivity index (χ0v) is 8.70. The van der Waals surface area contributed by atoms with Gasteiger partial charge in [-0.3, -0.25) is 0 Å². The van der Waals surface area contributed by atoms with Gasteiger partial charge in [0.25, 0.3) is 0 Å². The molecular formula is C9H15Br. The van der Waals surface area contributed by atoms with E-state index in [1.807, 2.05) is 13.0 Å². The molecule has 1 heteroatoms. The Kier molecular flexibility index (Phi) is 3.95. The van der Waals surface area contributed by atoms with Crippen LogP contribution in [-0.2, 0) is 0 Å². The molecule has 0 aliphatic heterocycles. The predicted octanol–water partition coefficient (Wildman–Crippen LogP) is 3.89. The molecule has 0 rings (SSSR count). The smallest absolute Gasteiger partial charge is 0.00805 e. The first-order chi connectivity index (χ1) is 4.42. The number of halogens is 1. The third kappa shape index (κ3) is 7.96. The first-order valence-electron chi connectivity index (χ1n) is 3.43. The summed E-state index contributed by atoms with van der Waals surface area (Å²) in [5.74, 6) is 0. The molecule has 0 N–H and O–H groups in total. The van der Waals surface area contributed by atoms with Crippen LogP contribution in [-0.4, -0.2) is 0 Å². The van der Waals surface area contributed by atoms with Gasteiger partial charge >= 0.3 is 0 Å². The van der Waals surface area contributed by atoms with E-state index in [1.54, 1.807) is 0 Å². The lowest BCUT2D eigenvalue weighted by Gasteiger charge is -2.09. The molecule has 0 spiro atoms. The zero-order chi connectivity index (χ0) is 8.20. The van der Waals surface area contributed by atoms with Gasteiger partial charge in [-0.15, -0.1) is 0 Å². The molecule has 0 aliphatic rings. The zero-order valence-electron chi connectivity index (χ0n) is 7.11. The van der Waals surface area contributed by atoms with E-state index in [2.05, 4.69) is 48.9 Å². The molecule has 0 radical (unpaired) electrons. The van der Waals surface area contributed by atoms with E-state index in [-0.39, 0.29) is 0 Å². The Morgan fingerprint density at radius 1 is 1.30 bits per heavy atom. The molecule has 0 unspecified atom stereocenters. The summed E-state index contributed by atoms with van der Waals surface area (Å²) < 4.78 is 1.16. The molecule has 0 saturated carbocycles. The average molecular weight is 203 g/mol. The van der Waals surface area contributed by atoms with Crippen LogP contribution in [0.2, 0.25) is 0 Å². The van der Waals surface area contributed by atoms with E-state index in [4.69, 9.17) is 0 Å². The van der Waals surface area contributed by atoms with Gasteiger partial charge in [0.15, 0.2) is 0 Å².